The van der Waals surface area contributed by atoms with E-state index in [1.807, 2.05) is 0 Å². The van der Waals surface area contributed by atoms with E-state index in [4.69, 9.17) is 14.2 Å². The summed E-state index contributed by atoms with van der Waals surface area (Å²) in [6.45, 7) is 5.63. The summed E-state index contributed by atoms with van der Waals surface area (Å²) in [6, 6.07) is 39.3. The summed E-state index contributed by atoms with van der Waals surface area (Å²) in [5.41, 5.74) is 7.48. The highest BCUT2D eigenvalue weighted by Crippen LogP contribution is 2.50. The first-order chi connectivity index (χ1) is 20.1. The SMILES string of the molecule is Cc1ccc(C2CCCOC2(Cc2ccccc2)OC2(Cc3ccccc3)OCCCC2c2ccc(C)cc2)cc1. The van der Waals surface area contributed by atoms with Crippen molar-refractivity contribution in [2.45, 2.75) is 75.8 Å². The zero-order chi connectivity index (χ0) is 28.1. The minimum atomic E-state index is -0.871. The second kappa shape index (κ2) is 12.3. The molecule has 41 heavy (non-hydrogen) atoms. The Balaban J connectivity index is 1.49. The molecule has 4 unspecified atom stereocenters. The van der Waals surface area contributed by atoms with Crippen LogP contribution in [0.2, 0.25) is 0 Å². The molecule has 0 bridgehead atoms. The van der Waals surface area contributed by atoms with E-state index < -0.39 is 11.6 Å². The van der Waals surface area contributed by atoms with Crippen molar-refractivity contribution < 1.29 is 14.2 Å². The van der Waals surface area contributed by atoms with Gasteiger partial charge in [0.15, 0.2) is 11.6 Å². The van der Waals surface area contributed by atoms with Gasteiger partial charge in [-0.25, -0.2) is 0 Å². The lowest BCUT2D eigenvalue weighted by Gasteiger charge is -2.53. The lowest BCUT2D eigenvalue weighted by molar-refractivity contribution is -0.387. The summed E-state index contributed by atoms with van der Waals surface area (Å²) in [6.07, 6.45) is 5.34. The smallest absolute Gasteiger partial charge is 0.182 e. The fourth-order valence-electron chi connectivity index (χ4n) is 6.82. The van der Waals surface area contributed by atoms with E-state index in [1.165, 1.54) is 33.4 Å². The predicted octanol–water partition coefficient (Wildman–Crippen LogP) is 8.69. The van der Waals surface area contributed by atoms with Crippen LogP contribution in [0.25, 0.3) is 0 Å². The number of rotatable bonds is 8. The molecule has 0 radical (unpaired) electrons. The largest absolute Gasteiger partial charge is 0.349 e. The molecule has 4 atom stereocenters. The third kappa shape index (κ3) is 6.18. The number of hydrogen-bond acceptors (Lipinski definition) is 3. The summed E-state index contributed by atoms with van der Waals surface area (Å²) in [7, 11) is 0. The molecule has 0 spiro atoms. The van der Waals surface area contributed by atoms with E-state index in [1.54, 1.807) is 0 Å². The molecule has 2 aliphatic heterocycles. The van der Waals surface area contributed by atoms with Crippen LogP contribution in [0.15, 0.2) is 109 Å². The molecule has 0 aromatic heterocycles. The lowest BCUT2D eigenvalue weighted by atomic mass is 9.78. The van der Waals surface area contributed by atoms with Crippen LogP contribution < -0.4 is 0 Å². The van der Waals surface area contributed by atoms with Gasteiger partial charge in [-0.1, -0.05) is 120 Å². The van der Waals surface area contributed by atoms with Crippen molar-refractivity contribution in [3.05, 3.63) is 143 Å². The Labute approximate surface area is 245 Å². The van der Waals surface area contributed by atoms with Crippen LogP contribution in [0.3, 0.4) is 0 Å². The van der Waals surface area contributed by atoms with Crippen LogP contribution in [-0.4, -0.2) is 24.8 Å². The van der Waals surface area contributed by atoms with Crippen molar-refractivity contribution in [1.29, 1.82) is 0 Å². The Morgan fingerprint density at radius 1 is 0.561 bits per heavy atom. The van der Waals surface area contributed by atoms with Crippen molar-refractivity contribution in [3.8, 4) is 0 Å². The van der Waals surface area contributed by atoms with Gasteiger partial charge in [-0.15, -0.1) is 0 Å². The van der Waals surface area contributed by atoms with E-state index in [9.17, 15) is 0 Å². The first kappa shape index (κ1) is 27.9. The number of benzene rings is 4. The van der Waals surface area contributed by atoms with Gasteiger partial charge in [0.05, 0.1) is 13.2 Å². The maximum atomic E-state index is 7.67. The van der Waals surface area contributed by atoms with Gasteiger partial charge in [0.1, 0.15) is 0 Å². The molecule has 3 nitrogen and oxygen atoms in total. The molecular weight excluding hydrogens is 504 g/mol. The second-order valence-electron chi connectivity index (χ2n) is 12.0. The highest BCUT2D eigenvalue weighted by Gasteiger charge is 2.54. The molecule has 0 amide bonds. The van der Waals surface area contributed by atoms with E-state index in [-0.39, 0.29) is 11.8 Å². The first-order valence-electron chi connectivity index (χ1n) is 15.2. The average Bonchev–Trinajstić information content (AvgIpc) is 3.00. The Morgan fingerprint density at radius 2 is 0.951 bits per heavy atom. The van der Waals surface area contributed by atoms with Gasteiger partial charge in [0, 0.05) is 24.7 Å². The summed E-state index contributed by atoms with van der Waals surface area (Å²) >= 11 is 0. The van der Waals surface area contributed by atoms with E-state index in [0.29, 0.717) is 26.1 Å². The molecule has 0 aliphatic carbocycles. The van der Waals surface area contributed by atoms with E-state index >= 15 is 0 Å². The van der Waals surface area contributed by atoms with Crippen LogP contribution in [-0.2, 0) is 27.1 Å². The minimum absolute atomic E-state index is 0.0777. The van der Waals surface area contributed by atoms with Gasteiger partial charge in [-0.2, -0.15) is 0 Å². The van der Waals surface area contributed by atoms with Gasteiger partial charge in [0.2, 0.25) is 0 Å². The molecule has 3 heteroatoms. The van der Waals surface area contributed by atoms with Crippen molar-refractivity contribution in [1.82, 2.24) is 0 Å². The lowest BCUT2D eigenvalue weighted by Crippen LogP contribution is -2.58. The highest BCUT2D eigenvalue weighted by molar-refractivity contribution is 5.31. The van der Waals surface area contributed by atoms with E-state index in [0.717, 1.165) is 25.7 Å². The standard InChI is InChI=1S/C38H42O3/c1-29-17-21-33(22-18-29)35-15-9-25-39-37(35,27-31-11-5-3-6-12-31)41-38(28-32-13-7-4-8-14-32)36(16-10-26-40-38)34-23-19-30(2)20-24-34/h3-8,11-14,17-24,35-36H,9-10,15-16,25-28H2,1-2H3. The number of ether oxygens (including phenoxy) is 3. The quantitative estimate of drug-likeness (QED) is 0.221. The van der Waals surface area contributed by atoms with Crippen LogP contribution in [0.5, 0.6) is 0 Å². The van der Waals surface area contributed by atoms with Crippen molar-refractivity contribution in [2.75, 3.05) is 13.2 Å². The third-order valence-corrected chi connectivity index (χ3v) is 8.92. The monoisotopic (exact) mass is 546 g/mol. The molecule has 212 valence electrons. The molecule has 0 N–H and O–H groups in total. The summed E-state index contributed by atoms with van der Waals surface area (Å²) in [4.78, 5) is 0. The van der Waals surface area contributed by atoms with Crippen molar-refractivity contribution in [2.24, 2.45) is 0 Å². The molecule has 4 aromatic rings. The van der Waals surface area contributed by atoms with Crippen LogP contribution in [0, 0.1) is 13.8 Å². The number of aryl methyl sites for hydroxylation is 2. The Kier molecular flexibility index (Phi) is 8.39. The summed E-state index contributed by atoms with van der Waals surface area (Å²) < 4.78 is 21.5. The summed E-state index contributed by atoms with van der Waals surface area (Å²) in [5, 5.41) is 0. The Morgan fingerprint density at radius 3 is 1.34 bits per heavy atom. The fraction of sp³-hybridized carbons (Fsp3) is 0.368. The van der Waals surface area contributed by atoms with Crippen molar-refractivity contribution >= 4 is 0 Å². The molecule has 4 aromatic carbocycles. The highest BCUT2D eigenvalue weighted by atomic mass is 16.8. The van der Waals surface area contributed by atoms with Gasteiger partial charge in [-0.3, -0.25) is 0 Å². The van der Waals surface area contributed by atoms with Crippen LogP contribution >= 0.6 is 0 Å². The average molecular weight is 547 g/mol. The zero-order valence-electron chi connectivity index (χ0n) is 24.4. The van der Waals surface area contributed by atoms with Gasteiger partial charge < -0.3 is 14.2 Å². The molecule has 6 rings (SSSR count). The van der Waals surface area contributed by atoms with Crippen LogP contribution in [0.1, 0.15) is 70.9 Å². The van der Waals surface area contributed by atoms with E-state index in [2.05, 4.69) is 123 Å². The van der Waals surface area contributed by atoms with Crippen molar-refractivity contribution in [3.63, 3.8) is 0 Å². The van der Waals surface area contributed by atoms with Gasteiger partial charge in [-0.05, 0) is 61.8 Å². The maximum Gasteiger partial charge on any atom is 0.182 e. The molecule has 2 fully saturated rings. The maximum absolute atomic E-state index is 7.67. The fourth-order valence-corrected chi connectivity index (χ4v) is 6.82. The number of hydrogen-bond donors (Lipinski definition) is 0. The molecule has 2 aliphatic rings. The second-order valence-corrected chi connectivity index (χ2v) is 12.0. The molecule has 0 saturated carbocycles. The first-order valence-corrected chi connectivity index (χ1v) is 15.2. The normalized spacial score (nSPS) is 26.5. The molecule has 2 heterocycles. The minimum Gasteiger partial charge on any atom is -0.349 e. The van der Waals surface area contributed by atoms with Gasteiger partial charge in [0.25, 0.3) is 0 Å². The zero-order valence-corrected chi connectivity index (χ0v) is 24.4. The molecular formula is C38H42O3. The third-order valence-electron chi connectivity index (χ3n) is 8.92. The van der Waals surface area contributed by atoms with Gasteiger partial charge >= 0.3 is 0 Å². The Hall–Kier alpha value is -3.24. The topological polar surface area (TPSA) is 27.7 Å². The summed E-state index contributed by atoms with van der Waals surface area (Å²) in [5.74, 6) is -1.59. The Bertz CT molecular complexity index is 1270. The molecule has 2 saturated heterocycles. The predicted molar refractivity (Wildman–Crippen MR) is 165 cm³/mol. The van der Waals surface area contributed by atoms with Crippen LogP contribution in [0.4, 0.5) is 0 Å².